The van der Waals surface area contributed by atoms with Gasteiger partial charge in [0.1, 0.15) is 5.82 Å². The minimum Gasteiger partial charge on any atom is -0.383 e. The van der Waals surface area contributed by atoms with Gasteiger partial charge in [-0.05, 0) is 36.8 Å². The van der Waals surface area contributed by atoms with E-state index in [9.17, 15) is 0 Å². The summed E-state index contributed by atoms with van der Waals surface area (Å²) < 4.78 is 0. The highest BCUT2D eigenvalue weighted by Crippen LogP contribution is 2.27. The molecule has 3 nitrogen and oxygen atoms in total. The quantitative estimate of drug-likeness (QED) is 0.797. The lowest BCUT2D eigenvalue weighted by molar-refractivity contribution is 0.575. The van der Waals surface area contributed by atoms with E-state index < -0.39 is 0 Å². The number of pyridine rings is 1. The highest BCUT2D eigenvalue weighted by Gasteiger charge is 2.17. The van der Waals surface area contributed by atoms with Crippen molar-refractivity contribution >= 4 is 17.6 Å². The summed E-state index contributed by atoms with van der Waals surface area (Å²) in [5.74, 6) is 1.70. The molecule has 1 heterocycles. The van der Waals surface area contributed by atoms with Crippen LogP contribution in [0, 0.1) is 6.92 Å². The smallest absolute Gasteiger partial charge is 0.128 e. The Bertz CT molecular complexity index is 346. The summed E-state index contributed by atoms with van der Waals surface area (Å²) in [6.07, 6.45) is 2.91. The predicted octanol–water partition coefficient (Wildman–Crippen LogP) is 3.15. The second-order valence-corrected chi connectivity index (χ2v) is 6.43. The largest absolute Gasteiger partial charge is 0.383 e. The SMILES string of the molecule is CCCNC(CSC(C)C)c1c(C)ccnc1N. The number of aryl methyl sites for hydroxylation is 1. The molecule has 0 radical (unpaired) electrons. The van der Waals surface area contributed by atoms with Crippen molar-refractivity contribution in [1.29, 1.82) is 0 Å². The molecule has 0 fully saturated rings. The Morgan fingerprint density at radius 1 is 1.44 bits per heavy atom. The zero-order chi connectivity index (χ0) is 13.5. The van der Waals surface area contributed by atoms with Crippen LogP contribution in [0.3, 0.4) is 0 Å². The first-order valence-corrected chi connectivity index (χ1v) is 7.67. The van der Waals surface area contributed by atoms with Crippen molar-refractivity contribution in [3.63, 3.8) is 0 Å². The summed E-state index contributed by atoms with van der Waals surface area (Å²) in [4.78, 5) is 4.22. The van der Waals surface area contributed by atoms with Gasteiger partial charge in [0.05, 0.1) is 0 Å². The van der Waals surface area contributed by atoms with Crippen LogP contribution in [0.2, 0.25) is 0 Å². The zero-order valence-electron chi connectivity index (χ0n) is 11.9. The fourth-order valence-electron chi connectivity index (χ4n) is 1.90. The van der Waals surface area contributed by atoms with Gasteiger partial charge in [-0.15, -0.1) is 0 Å². The van der Waals surface area contributed by atoms with E-state index in [-0.39, 0.29) is 0 Å². The molecular formula is C14H25N3S. The Morgan fingerprint density at radius 3 is 2.72 bits per heavy atom. The minimum atomic E-state index is 0.297. The molecule has 0 spiro atoms. The maximum absolute atomic E-state index is 6.04. The van der Waals surface area contributed by atoms with Crippen LogP contribution < -0.4 is 11.1 Å². The molecule has 0 aliphatic heterocycles. The zero-order valence-corrected chi connectivity index (χ0v) is 12.7. The number of nitrogens with zero attached hydrogens (tertiary/aromatic N) is 1. The predicted molar refractivity (Wildman–Crippen MR) is 82.0 cm³/mol. The van der Waals surface area contributed by atoms with E-state index in [0.717, 1.165) is 18.7 Å². The molecule has 0 bridgehead atoms. The summed E-state index contributed by atoms with van der Waals surface area (Å²) in [7, 11) is 0. The average molecular weight is 267 g/mol. The van der Waals surface area contributed by atoms with Crippen LogP contribution in [-0.2, 0) is 0 Å². The second kappa shape index (κ2) is 7.64. The molecule has 1 aromatic heterocycles. The molecule has 4 heteroatoms. The van der Waals surface area contributed by atoms with E-state index in [4.69, 9.17) is 5.73 Å². The van der Waals surface area contributed by atoms with Crippen molar-refractivity contribution < 1.29 is 0 Å². The number of thioether (sulfide) groups is 1. The molecule has 0 amide bonds. The van der Waals surface area contributed by atoms with Gasteiger partial charge in [0.2, 0.25) is 0 Å². The second-order valence-electron chi connectivity index (χ2n) is 4.82. The van der Waals surface area contributed by atoms with E-state index in [1.165, 1.54) is 11.1 Å². The molecule has 0 saturated heterocycles. The number of nitrogens with two attached hydrogens (primary N) is 1. The van der Waals surface area contributed by atoms with Crippen LogP contribution in [0.5, 0.6) is 0 Å². The van der Waals surface area contributed by atoms with Gasteiger partial charge >= 0.3 is 0 Å². The average Bonchev–Trinajstić information content (AvgIpc) is 2.31. The van der Waals surface area contributed by atoms with Gasteiger partial charge in [-0.2, -0.15) is 11.8 Å². The van der Waals surface area contributed by atoms with Gasteiger partial charge in [-0.1, -0.05) is 20.8 Å². The number of aromatic nitrogens is 1. The number of hydrogen-bond donors (Lipinski definition) is 2. The van der Waals surface area contributed by atoms with Gasteiger partial charge in [-0.25, -0.2) is 4.98 Å². The topological polar surface area (TPSA) is 50.9 Å². The van der Waals surface area contributed by atoms with E-state index in [0.29, 0.717) is 17.1 Å². The van der Waals surface area contributed by atoms with Crippen LogP contribution >= 0.6 is 11.8 Å². The lowest BCUT2D eigenvalue weighted by atomic mass is 10.0. The first-order chi connectivity index (χ1) is 8.56. The van der Waals surface area contributed by atoms with Crippen LogP contribution in [-0.4, -0.2) is 22.5 Å². The molecule has 0 aliphatic rings. The molecule has 0 saturated carbocycles. The number of nitrogens with one attached hydrogen (secondary N) is 1. The fraction of sp³-hybridized carbons (Fsp3) is 0.643. The maximum Gasteiger partial charge on any atom is 0.128 e. The summed E-state index contributed by atoms with van der Waals surface area (Å²) in [5, 5.41) is 4.22. The Hall–Kier alpha value is -0.740. The van der Waals surface area contributed by atoms with E-state index in [1.54, 1.807) is 6.20 Å². The fourth-order valence-corrected chi connectivity index (χ4v) is 2.76. The molecule has 1 aromatic rings. The molecule has 1 atom stereocenters. The molecule has 3 N–H and O–H groups in total. The van der Waals surface area contributed by atoms with E-state index in [1.807, 2.05) is 17.8 Å². The standard InChI is InChI=1S/C14H25N3S/c1-5-7-16-12(9-18-10(2)3)13-11(4)6-8-17-14(13)15/h6,8,10,12,16H,5,7,9H2,1-4H3,(H2,15,17). The molecule has 18 heavy (non-hydrogen) atoms. The van der Waals surface area contributed by atoms with Crippen molar-refractivity contribution in [3.8, 4) is 0 Å². The lowest BCUT2D eigenvalue weighted by Crippen LogP contribution is -2.26. The van der Waals surface area contributed by atoms with Crippen molar-refractivity contribution in [2.24, 2.45) is 0 Å². The highest BCUT2D eigenvalue weighted by molar-refractivity contribution is 7.99. The maximum atomic E-state index is 6.04. The van der Waals surface area contributed by atoms with Crippen molar-refractivity contribution in [1.82, 2.24) is 10.3 Å². The van der Waals surface area contributed by atoms with Crippen molar-refractivity contribution in [2.45, 2.75) is 45.4 Å². The van der Waals surface area contributed by atoms with Crippen LogP contribution in [0.25, 0.3) is 0 Å². The molecule has 1 unspecified atom stereocenters. The number of rotatable bonds is 7. The lowest BCUT2D eigenvalue weighted by Gasteiger charge is -2.22. The molecule has 1 rings (SSSR count). The van der Waals surface area contributed by atoms with E-state index >= 15 is 0 Å². The van der Waals surface area contributed by atoms with Crippen LogP contribution in [0.4, 0.5) is 5.82 Å². The third-order valence-electron chi connectivity index (χ3n) is 2.82. The normalized spacial score (nSPS) is 12.9. The number of nitrogen functional groups attached to an aromatic ring is 1. The summed E-state index contributed by atoms with van der Waals surface area (Å²) in [6.45, 7) is 9.74. The summed E-state index contributed by atoms with van der Waals surface area (Å²) in [6, 6.07) is 2.33. The summed E-state index contributed by atoms with van der Waals surface area (Å²) in [5.41, 5.74) is 8.43. The van der Waals surface area contributed by atoms with Crippen LogP contribution in [0.1, 0.15) is 44.4 Å². The first-order valence-electron chi connectivity index (χ1n) is 6.62. The Balaban J connectivity index is 2.86. The Kier molecular flexibility index (Phi) is 6.50. The van der Waals surface area contributed by atoms with Gasteiger partial charge in [-0.3, -0.25) is 0 Å². The van der Waals surface area contributed by atoms with Crippen molar-refractivity contribution in [2.75, 3.05) is 18.0 Å². The molecule has 0 aromatic carbocycles. The molecular weight excluding hydrogens is 242 g/mol. The molecule has 102 valence electrons. The number of hydrogen-bond acceptors (Lipinski definition) is 4. The number of anilines is 1. The monoisotopic (exact) mass is 267 g/mol. The minimum absolute atomic E-state index is 0.297. The van der Waals surface area contributed by atoms with Crippen LogP contribution in [0.15, 0.2) is 12.3 Å². The third-order valence-corrected chi connectivity index (χ3v) is 4.02. The third kappa shape index (κ3) is 4.50. The van der Waals surface area contributed by atoms with Gasteiger partial charge < -0.3 is 11.1 Å². The first kappa shape index (κ1) is 15.3. The van der Waals surface area contributed by atoms with Gasteiger partial charge in [0.15, 0.2) is 0 Å². The summed E-state index contributed by atoms with van der Waals surface area (Å²) >= 11 is 1.96. The van der Waals surface area contributed by atoms with E-state index in [2.05, 4.69) is 38.0 Å². The van der Waals surface area contributed by atoms with Gasteiger partial charge in [0, 0.05) is 23.6 Å². The van der Waals surface area contributed by atoms with Gasteiger partial charge in [0.25, 0.3) is 0 Å². The Morgan fingerprint density at radius 2 is 2.17 bits per heavy atom. The van der Waals surface area contributed by atoms with Crippen molar-refractivity contribution in [3.05, 3.63) is 23.4 Å². The Labute approximate surface area is 115 Å². The molecule has 0 aliphatic carbocycles. The highest BCUT2D eigenvalue weighted by atomic mass is 32.2.